The van der Waals surface area contributed by atoms with Gasteiger partial charge in [0, 0.05) is 25.0 Å². The largest absolute Gasteiger partial charge is 0.283 e. The summed E-state index contributed by atoms with van der Waals surface area (Å²) < 4.78 is 2.88. The Hall–Kier alpha value is -3.25. The average Bonchev–Trinajstić information content (AvgIpc) is 3.37. The number of rotatable bonds is 6. The molecular weight excluding hydrogens is 356 g/mol. The Labute approximate surface area is 161 Å². The van der Waals surface area contributed by atoms with E-state index in [0.717, 1.165) is 15.8 Å². The first kappa shape index (κ1) is 17.2. The normalized spacial score (nSPS) is 11.3. The van der Waals surface area contributed by atoms with Crippen LogP contribution in [0.3, 0.4) is 0 Å². The van der Waals surface area contributed by atoms with Gasteiger partial charge in [-0.3, -0.25) is 14.4 Å². The number of nitrogens with zero attached hydrogens (tertiary/aromatic N) is 4. The zero-order chi connectivity index (χ0) is 18.5. The summed E-state index contributed by atoms with van der Waals surface area (Å²) >= 11 is 1.52. The van der Waals surface area contributed by atoms with Gasteiger partial charge in [-0.15, -0.1) is 0 Å². The molecule has 0 aliphatic rings. The van der Waals surface area contributed by atoms with Gasteiger partial charge in [0.2, 0.25) is 0 Å². The Morgan fingerprint density at radius 3 is 2.67 bits per heavy atom. The first-order valence-corrected chi connectivity index (χ1v) is 9.49. The number of fused-ring (bicyclic) bond motifs is 1. The molecule has 0 saturated carbocycles. The number of thiazole rings is 1. The average molecular weight is 374 g/mol. The van der Waals surface area contributed by atoms with E-state index in [-0.39, 0.29) is 5.91 Å². The highest BCUT2D eigenvalue weighted by atomic mass is 32.1. The molecule has 134 valence electrons. The predicted molar refractivity (Wildman–Crippen MR) is 110 cm³/mol. The summed E-state index contributed by atoms with van der Waals surface area (Å²) in [5.74, 6) is -0.0925. The number of hydrogen-bond donors (Lipinski definition) is 0. The molecule has 6 heteroatoms. The standard InChI is InChI=1S/C21H18N4OS/c26-20(12-11-17-7-2-1-3-8-17)25(16-15-24-14-6-13-22-24)21-23-18-9-4-5-10-19(18)27-21/h1-14H,15-16H2/b12-11+. The van der Waals surface area contributed by atoms with Crippen LogP contribution in [0.15, 0.2) is 79.1 Å². The Morgan fingerprint density at radius 1 is 1.07 bits per heavy atom. The summed E-state index contributed by atoms with van der Waals surface area (Å²) in [6.45, 7) is 1.10. The number of anilines is 1. The monoisotopic (exact) mass is 374 g/mol. The summed E-state index contributed by atoms with van der Waals surface area (Å²) in [6, 6.07) is 19.6. The van der Waals surface area contributed by atoms with Crippen LogP contribution < -0.4 is 4.90 Å². The first-order chi connectivity index (χ1) is 13.3. The van der Waals surface area contributed by atoms with Crippen LogP contribution in [0.4, 0.5) is 5.13 Å². The Morgan fingerprint density at radius 2 is 1.89 bits per heavy atom. The molecule has 2 heterocycles. The van der Waals surface area contributed by atoms with Crippen molar-refractivity contribution in [2.75, 3.05) is 11.4 Å². The maximum absolute atomic E-state index is 12.9. The molecule has 27 heavy (non-hydrogen) atoms. The van der Waals surface area contributed by atoms with Crippen LogP contribution in [0.25, 0.3) is 16.3 Å². The van der Waals surface area contributed by atoms with Crippen LogP contribution in [0.5, 0.6) is 0 Å². The number of carbonyl (C=O) groups is 1. The Balaban J connectivity index is 1.60. The highest BCUT2D eigenvalue weighted by Gasteiger charge is 2.17. The van der Waals surface area contributed by atoms with Crippen molar-refractivity contribution in [3.05, 3.63) is 84.7 Å². The van der Waals surface area contributed by atoms with E-state index in [9.17, 15) is 4.79 Å². The molecule has 2 aromatic heterocycles. The third-order valence-corrected chi connectivity index (χ3v) is 5.17. The van der Waals surface area contributed by atoms with E-state index in [0.29, 0.717) is 18.2 Å². The van der Waals surface area contributed by atoms with E-state index in [4.69, 9.17) is 0 Å². The molecule has 1 amide bonds. The molecule has 0 aliphatic heterocycles. The van der Waals surface area contributed by atoms with Gasteiger partial charge in [0.15, 0.2) is 5.13 Å². The molecule has 0 fully saturated rings. The van der Waals surface area contributed by atoms with Crippen molar-refractivity contribution >= 4 is 38.7 Å². The van der Waals surface area contributed by atoms with Gasteiger partial charge in [-0.2, -0.15) is 5.10 Å². The lowest BCUT2D eigenvalue weighted by Gasteiger charge is -2.18. The van der Waals surface area contributed by atoms with E-state index in [2.05, 4.69) is 10.1 Å². The molecule has 2 aromatic carbocycles. The summed E-state index contributed by atoms with van der Waals surface area (Å²) in [4.78, 5) is 19.3. The molecule has 5 nitrogen and oxygen atoms in total. The summed E-state index contributed by atoms with van der Waals surface area (Å²) in [5.41, 5.74) is 1.89. The van der Waals surface area contributed by atoms with Gasteiger partial charge in [-0.1, -0.05) is 53.8 Å². The highest BCUT2D eigenvalue weighted by Crippen LogP contribution is 2.28. The van der Waals surface area contributed by atoms with Gasteiger partial charge < -0.3 is 0 Å². The van der Waals surface area contributed by atoms with Crippen LogP contribution in [0, 0.1) is 0 Å². The number of para-hydroxylation sites is 1. The van der Waals surface area contributed by atoms with Crippen molar-refractivity contribution in [3.63, 3.8) is 0 Å². The number of hydrogen-bond acceptors (Lipinski definition) is 4. The molecule has 0 spiro atoms. The van der Waals surface area contributed by atoms with Crippen molar-refractivity contribution in [2.45, 2.75) is 6.54 Å². The molecule has 0 radical (unpaired) electrons. The third-order valence-electron chi connectivity index (χ3n) is 4.11. The minimum Gasteiger partial charge on any atom is -0.283 e. The minimum atomic E-state index is -0.0925. The first-order valence-electron chi connectivity index (χ1n) is 8.67. The second-order valence-corrected chi connectivity index (χ2v) is 6.98. The zero-order valence-corrected chi connectivity index (χ0v) is 15.4. The van der Waals surface area contributed by atoms with Crippen LogP contribution in [-0.2, 0) is 11.3 Å². The van der Waals surface area contributed by atoms with Gasteiger partial charge in [-0.25, -0.2) is 4.98 Å². The van der Waals surface area contributed by atoms with E-state index >= 15 is 0 Å². The molecule has 0 saturated heterocycles. The number of aromatic nitrogens is 3. The van der Waals surface area contributed by atoms with Gasteiger partial charge >= 0.3 is 0 Å². The second-order valence-electron chi connectivity index (χ2n) is 5.97. The molecule has 0 atom stereocenters. The fourth-order valence-corrected chi connectivity index (χ4v) is 3.73. The molecule has 0 bridgehead atoms. The molecule has 0 N–H and O–H groups in total. The van der Waals surface area contributed by atoms with Crippen LogP contribution in [0.2, 0.25) is 0 Å². The fraction of sp³-hybridized carbons (Fsp3) is 0.0952. The fourth-order valence-electron chi connectivity index (χ4n) is 2.73. The SMILES string of the molecule is O=C(/C=C/c1ccccc1)N(CCn1cccn1)c1nc2ccccc2s1. The summed E-state index contributed by atoms with van der Waals surface area (Å²) in [5, 5.41) is 4.92. The lowest BCUT2D eigenvalue weighted by molar-refractivity contribution is -0.114. The minimum absolute atomic E-state index is 0.0925. The van der Waals surface area contributed by atoms with Gasteiger partial charge in [0.1, 0.15) is 0 Å². The van der Waals surface area contributed by atoms with Gasteiger partial charge in [0.25, 0.3) is 5.91 Å². The highest BCUT2D eigenvalue weighted by molar-refractivity contribution is 7.22. The lowest BCUT2D eigenvalue weighted by atomic mass is 10.2. The van der Waals surface area contributed by atoms with Crippen molar-refractivity contribution in [1.82, 2.24) is 14.8 Å². The van der Waals surface area contributed by atoms with Crippen molar-refractivity contribution in [2.24, 2.45) is 0 Å². The van der Waals surface area contributed by atoms with Crippen LogP contribution in [0.1, 0.15) is 5.56 Å². The maximum atomic E-state index is 12.9. The topological polar surface area (TPSA) is 51.0 Å². The summed E-state index contributed by atoms with van der Waals surface area (Å²) in [6.07, 6.45) is 7.06. The number of carbonyl (C=O) groups excluding carboxylic acids is 1. The van der Waals surface area contributed by atoms with E-state index in [1.807, 2.05) is 77.6 Å². The van der Waals surface area contributed by atoms with Gasteiger partial charge in [-0.05, 0) is 29.8 Å². The molecular formula is C21H18N4OS. The predicted octanol–water partition coefficient (Wildman–Crippen LogP) is 4.24. The number of amides is 1. The Bertz CT molecular complexity index is 1020. The zero-order valence-electron chi connectivity index (χ0n) is 14.6. The molecule has 4 rings (SSSR count). The van der Waals surface area contributed by atoms with E-state index < -0.39 is 0 Å². The third kappa shape index (κ3) is 4.12. The Kier molecular flexibility index (Phi) is 5.07. The summed E-state index contributed by atoms with van der Waals surface area (Å²) in [7, 11) is 0. The lowest BCUT2D eigenvalue weighted by Crippen LogP contribution is -2.32. The quantitative estimate of drug-likeness (QED) is 0.474. The van der Waals surface area contributed by atoms with Crippen molar-refractivity contribution in [3.8, 4) is 0 Å². The maximum Gasteiger partial charge on any atom is 0.252 e. The van der Waals surface area contributed by atoms with Crippen LogP contribution >= 0.6 is 11.3 Å². The molecule has 0 aliphatic carbocycles. The second kappa shape index (κ2) is 7.97. The van der Waals surface area contributed by atoms with E-state index in [1.165, 1.54) is 11.3 Å². The van der Waals surface area contributed by atoms with Gasteiger partial charge in [0.05, 0.1) is 16.8 Å². The molecule has 0 unspecified atom stereocenters. The van der Waals surface area contributed by atoms with Crippen LogP contribution in [-0.4, -0.2) is 27.2 Å². The van der Waals surface area contributed by atoms with Crippen molar-refractivity contribution in [1.29, 1.82) is 0 Å². The number of benzene rings is 2. The smallest absolute Gasteiger partial charge is 0.252 e. The van der Waals surface area contributed by atoms with Crippen molar-refractivity contribution < 1.29 is 4.79 Å². The van der Waals surface area contributed by atoms with E-state index in [1.54, 1.807) is 17.2 Å². The molecule has 4 aromatic rings.